The molecule has 0 saturated carbocycles. The maximum absolute atomic E-state index is 12.9. The van der Waals surface area contributed by atoms with Crippen LogP contribution in [-0.4, -0.2) is 46.5 Å². The van der Waals surface area contributed by atoms with Crippen molar-refractivity contribution >= 4 is 22.2 Å². The number of morpholine rings is 1. The Labute approximate surface area is 131 Å². The smallest absolute Gasteiger partial charge is 0.274 e. The van der Waals surface area contributed by atoms with E-state index in [1.807, 2.05) is 51.2 Å². The zero-order valence-electron chi connectivity index (χ0n) is 11.9. The average molecular weight is 313 g/mol. The SMILES string of the molecule is O=C(c1nc2sccn2c1-c1ccccc1)N1CCOCC1. The number of hydrogen-bond acceptors (Lipinski definition) is 4. The quantitative estimate of drug-likeness (QED) is 0.730. The molecule has 0 radical (unpaired) electrons. The Bertz CT molecular complexity index is 803. The maximum Gasteiger partial charge on any atom is 0.274 e. The van der Waals surface area contributed by atoms with Gasteiger partial charge in [-0.25, -0.2) is 4.98 Å². The van der Waals surface area contributed by atoms with Crippen molar-refractivity contribution in [1.82, 2.24) is 14.3 Å². The number of carbonyl (C=O) groups is 1. The van der Waals surface area contributed by atoms with Gasteiger partial charge < -0.3 is 9.64 Å². The van der Waals surface area contributed by atoms with E-state index in [2.05, 4.69) is 4.98 Å². The van der Waals surface area contributed by atoms with Crippen LogP contribution < -0.4 is 0 Å². The third-order valence-electron chi connectivity index (χ3n) is 3.81. The largest absolute Gasteiger partial charge is 0.378 e. The molecule has 0 aliphatic carbocycles. The van der Waals surface area contributed by atoms with Crippen LogP contribution in [0.3, 0.4) is 0 Å². The number of rotatable bonds is 2. The summed E-state index contributed by atoms with van der Waals surface area (Å²) in [5, 5.41) is 1.98. The number of imidazole rings is 1. The highest BCUT2D eigenvalue weighted by atomic mass is 32.1. The standard InChI is InChI=1S/C16H15N3O2S/c20-15(18-6-9-21-10-7-18)13-14(12-4-2-1-3-5-12)19-8-11-22-16(19)17-13/h1-5,8,11H,6-7,9-10H2. The van der Waals surface area contributed by atoms with Crippen molar-refractivity contribution in [2.45, 2.75) is 0 Å². The number of hydrogen-bond donors (Lipinski definition) is 0. The Morgan fingerprint density at radius 3 is 2.73 bits per heavy atom. The van der Waals surface area contributed by atoms with Gasteiger partial charge in [0.2, 0.25) is 0 Å². The molecule has 5 nitrogen and oxygen atoms in total. The van der Waals surface area contributed by atoms with Crippen molar-refractivity contribution in [3.05, 3.63) is 47.6 Å². The van der Waals surface area contributed by atoms with Crippen molar-refractivity contribution in [2.24, 2.45) is 0 Å². The fourth-order valence-corrected chi connectivity index (χ4v) is 3.44. The van der Waals surface area contributed by atoms with E-state index in [4.69, 9.17) is 4.74 Å². The number of ether oxygens (including phenoxy) is 1. The van der Waals surface area contributed by atoms with Crippen LogP contribution in [0, 0.1) is 0 Å². The molecule has 1 aromatic carbocycles. The summed E-state index contributed by atoms with van der Waals surface area (Å²) in [5.74, 6) is -0.0157. The summed E-state index contributed by atoms with van der Waals surface area (Å²) in [4.78, 5) is 20.1. The number of thiazole rings is 1. The summed E-state index contributed by atoms with van der Waals surface area (Å²) in [5.41, 5.74) is 2.40. The second-order valence-electron chi connectivity index (χ2n) is 5.14. The van der Waals surface area contributed by atoms with Gasteiger partial charge in [-0.1, -0.05) is 30.3 Å². The van der Waals surface area contributed by atoms with Gasteiger partial charge >= 0.3 is 0 Å². The summed E-state index contributed by atoms with van der Waals surface area (Å²) in [7, 11) is 0. The fourth-order valence-electron chi connectivity index (χ4n) is 2.72. The molecule has 1 amide bonds. The average Bonchev–Trinajstić information content (AvgIpc) is 3.16. The van der Waals surface area contributed by atoms with Crippen molar-refractivity contribution in [1.29, 1.82) is 0 Å². The second-order valence-corrected chi connectivity index (χ2v) is 6.01. The van der Waals surface area contributed by atoms with Gasteiger partial charge in [-0.05, 0) is 0 Å². The van der Waals surface area contributed by atoms with Crippen LogP contribution in [0.1, 0.15) is 10.5 Å². The first-order valence-electron chi connectivity index (χ1n) is 7.22. The Hall–Kier alpha value is -2.18. The monoisotopic (exact) mass is 313 g/mol. The van der Waals surface area contributed by atoms with E-state index in [0.717, 1.165) is 16.2 Å². The van der Waals surface area contributed by atoms with Crippen molar-refractivity contribution in [2.75, 3.05) is 26.3 Å². The summed E-state index contributed by atoms with van der Waals surface area (Å²) in [6.07, 6.45) is 1.96. The molecule has 22 heavy (non-hydrogen) atoms. The normalized spacial score (nSPS) is 15.4. The minimum atomic E-state index is -0.0157. The summed E-state index contributed by atoms with van der Waals surface area (Å²) in [6, 6.07) is 9.95. The zero-order chi connectivity index (χ0) is 14.9. The third-order valence-corrected chi connectivity index (χ3v) is 4.57. The summed E-state index contributed by atoms with van der Waals surface area (Å²) < 4.78 is 7.32. The van der Waals surface area contributed by atoms with Crippen LogP contribution in [0.25, 0.3) is 16.2 Å². The van der Waals surface area contributed by atoms with Gasteiger partial charge in [0, 0.05) is 30.2 Å². The highest BCUT2D eigenvalue weighted by molar-refractivity contribution is 7.15. The second kappa shape index (κ2) is 5.55. The Morgan fingerprint density at radius 2 is 1.95 bits per heavy atom. The lowest BCUT2D eigenvalue weighted by Crippen LogP contribution is -2.41. The Morgan fingerprint density at radius 1 is 1.18 bits per heavy atom. The molecule has 6 heteroatoms. The molecule has 0 atom stereocenters. The van der Waals surface area contributed by atoms with Crippen LogP contribution in [0.5, 0.6) is 0 Å². The van der Waals surface area contributed by atoms with E-state index in [9.17, 15) is 4.79 Å². The molecule has 112 valence electrons. The van der Waals surface area contributed by atoms with Crippen LogP contribution in [0.15, 0.2) is 41.9 Å². The molecule has 2 aromatic heterocycles. The first-order chi connectivity index (χ1) is 10.8. The van der Waals surface area contributed by atoms with E-state index in [-0.39, 0.29) is 5.91 Å². The van der Waals surface area contributed by atoms with E-state index in [1.54, 1.807) is 0 Å². The first kappa shape index (κ1) is 13.5. The van der Waals surface area contributed by atoms with E-state index >= 15 is 0 Å². The highest BCUT2D eigenvalue weighted by Crippen LogP contribution is 2.28. The summed E-state index contributed by atoms with van der Waals surface area (Å²) >= 11 is 1.54. The van der Waals surface area contributed by atoms with Crippen molar-refractivity contribution < 1.29 is 9.53 Å². The third kappa shape index (κ3) is 2.20. The van der Waals surface area contributed by atoms with E-state index < -0.39 is 0 Å². The molecule has 1 aliphatic heterocycles. The van der Waals surface area contributed by atoms with Gasteiger partial charge in [-0.2, -0.15) is 0 Å². The predicted octanol–water partition coefficient (Wildman–Crippen LogP) is 2.54. The Balaban J connectivity index is 1.83. The van der Waals surface area contributed by atoms with E-state index in [1.165, 1.54) is 11.3 Å². The lowest BCUT2D eigenvalue weighted by molar-refractivity contribution is 0.0300. The minimum absolute atomic E-state index is 0.0157. The van der Waals surface area contributed by atoms with Gasteiger partial charge in [0.1, 0.15) is 0 Å². The lowest BCUT2D eigenvalue weighted by atomic mass is 10.1. The molecule has 0 N–H and O–H groups in total. The molecule has 3 heterocycles. The summed E-state index contributed by atoms with van der Waals surface area (Å²) in [6.45, 7) is 2.43. The number of amides is 1. The van der Waals surface area contributed by atoms with Gasteiger partial charge in [0.25, 0.3) is 5.91 Å². The number of carbonyl (C=O) groups excluding carboxylic acids is 1. The molecular formula is C16H15N3O2S. The molecule has 4 rings (SSSR count). The molecule has 1 aliphatic rings. The minimum Gasteiger partial charge on any atom is -0.378 e. The molecule has 1 fully saturated rings. The molecule has 1 saturated heterocycles. The number of nitrogens with zero attached hydrogens (tertiary/aromatic N) is 3. The van der Waals surface area contributed by atoms with Crippen LogP contribution >= 0.6 is 11.3 Å². The lowest BCUT2D eigenvalue weighted by Gasteiger charge is -2.26. The molecular weight excluding hydrogens is 298 g/mol. The molecule has 0 spiro atoms. The molecule has 0 unspecified atom stereocenters. The van der Waals surface area contributed by atoms with Crippen molar-refractivity contribution in [3.63, 3.8) is 0 Å². The van der Waals surface area contributed by atoms with Crippen LogP contribution in [-0.2, 0) is 4.74 Å². The predicted molar refractivity (Wildman–Crippen MR) is 85.2 cm³/mol. The number of aromatic nitrogens is 2. The first-order valence-corrected chi connectivity index (χ1v) is 8.10. The maximum atomic E-state index is 12.9. The van der Waals surface area contributed by atoms with Gasteiger partial charge in [0.15, 0.2) is 10.7 Å². The fraction of sp³-hybridized carbons (Fsp3) is 0.250. The number of benzene rings is 1. The van der Waals surface area contributed by atoms with Gasteiger partial charge in [0.05, 0.1) is 18.9 Å². The molecule has 0 bridgehead atoms. The van der Waals surface area contributed by atoms with Crippen molar-refractivity contribution in [3.8, 4) is 11.3 Å². The zero-order valence-corrected chi connectivity index (χ0v) is 12.8. The van der Waals surface area contributed by atoms with Crippen LogP contribution in [0.4, 0.5) is 0 Å². The highest BCUT2D eigenvalue weighted by Gasteiger charge is 2.26. The van der Waals surface area contributed by atoms with Gasteiger partial charge in [-0.15, -0.1) is 11.3 Å². The van der Waals surface area contributed by atoms with E-state index in [0.29, 0.717) is 32.0 Å². The number of fused-ring (bicyclic) bond motifs is 1. The van der Waals surface area contributed by atoms with Gasteiger partial charge in [-0.3, -0.25) is 9.20 Å². The molecule has 3 aromatic rings. The topological polar surface area (TPSA) is 46.8 Å². The van der Waals surface area contributed by atoms with Crippen LogP contribution in [0.2, 0.25) is 0 Å². The Kier molecular flexibility index (Phi) is 3.40.